The largest absolute Gasteiger partial charge is 0.494 e. The molecule has 1 aliphatic rings. The lowest BCUT2D eigenvalue weighted by atomic mass is 9.95. The number of carbonyl (C=O) groups excluding carboxylic acids is 1. The van der Waals surface area contributed by atoms with Crippen LogP contribution in [0, 0.1) is 0 Å². The number of unbranched alkanes of at least 4 members (excludes halogenated alkanes) is 2. The zero-order chi connectivity index (χ0) is 23.9. The number of aromatic nitrogens is 4. The van der Waals surface area contributed by atoms with Crippen molar-refractivity contribution in [3.8, 4) is 11.5 Å². The van der Waals surface area contributed by atoms with Crippen LogP contribution >= 0.6 is 0 Å². The van der Waals surface area contributed by atoms with Crippen LogP contribution in [0.15, 0.2) is 59.8 Å². The summed E-state index contributed by atoms with van der Waals surface area (Å²) in [6.45, 7) is 7.10. The molecule has 2 heterocycles. The number of hydrogen-bond acceptors (Lipinski definition) is 7. The van der Waals surface area contributed by atoms with E-state index in [1.54, 1.807) is 4.68 Å². The number of tetrazole rings is 1. The molecule has 1 atom stereocenters. The molecule has 178 valence electrons. The maximum atomic E-state index is 13.5. The minimum atomic E-state index is -0.500. The summed E-state index contributed by atoms with van der Waals surface area (Å²) in [7, 11) is 0. The predicted molar refractivity (Wildman–Crippen MR) is 130 cm³/mol. The Hall–Kier alpha value is -3.88. The second-order valence-corrected chi connectivity index (χ2v) is 8.02. The van der Waals surface area contributed by atoms with E-state index in [1.807, 2.05) is 62.4 Å². The zero-order valence-electron chi connectivity index (χ0n) is 19.7. The molecular weight excluding hydrogens is 432 g/mol. The molecule has 1 unspecified atom stereocenters. The zero-order valence-corrected chi connectivity index (χ0v) is 19.7. The number of benzene rings is 2. The summed E-state index contributed by atoms with van der Waals surface area (Å²) in [5.41, 5.74) is 2.67. The van der Waals surface area contributed by atoms with Gasteiger partial charge < -0.3 is 20.1 Å². The number of para-hydroxylation sites is 2. The van der Waals surface area contributed by atoms with Gasteiger partial charge in [0.25, 0.3) is 5.91 Å². The van der Waals surface area contributed by atoms with Crippen molar-refractivity contribution in [1.82, 2.24) is 20.2 Å². The van der Waals surface area contributed by atoms with Gasteiger partial charge in [-0.05, 0) is 60.5 Å². The molecule has 0 fully saturated rings. The molecule has 4 rings (SSSR count). The minimum Gasteiger partial charge on any atom is -0.494 e. The molecule has 2 N–H and O–H groups in total. The molecule has 1 aromatic heterocycles. The smallest absolute Gasteiger partial charge is 0.255 e. The molecule has 0 radical (unpaired) electrons. The number of nitrogens with one attached hydrogen (secondary N) is 2. The van der Waals surface area contributed by atoms with Crippen LogP contribution in [0.4, 0.5) is 11.6 Å². The van der Waals surface area contributed by atoms with E-state index in [2.05, 4.69) is 33.1 Å². The molecule has 0 saturated carbocycles. The van der Waals surface area contributed by atoms with Crippen molar-refractivity contribution in [2.24, 2.45) is 0 Å². The summed E-state index contributed by atoms with van der Waals surface area (Å²) < 4.78 is 13.1. The first-order valence-electron chi connectivity index (χ1n) is 11.6. The normalized spacial score (nSPS) is 14.9. The highest BCUT2D eigenvalue weighted by Crippen LogP contribution is 2.36. The first kappa shape index (κ1) is 23.3. The van der Waals surface area contributed by atoms with Crippen LogP contribution in [0.25, 0.3) is 0 Å². The number of anilines is 2. The summed E-state index contributed by atoms with van der Waals surface area (Å²) in [6, 6.07) is 14.6. The summed E-state index contributed by atoms with van der Waals surface area (Å²) in [5, 5.41) is 18.1. The fourth-order valence-electron chi connectivity index (χ4n) is 3.94. The summed E-state index contributed by atoms with van der Waals surface area (Å²) >= 11 is 0. The third-order valence-electron chi connectivity index (χ3n) is 5.61. The van der Waals surface area contributed by atoms with Gasteiger partial charge in [0.1, 0.15) is 17.5 Å². The molecule has 3 aromatic rings. The van der Waals surface area contributed by atoms with Gasteiger partial charge in [-0.15, -0.1) is 0 Å². The Morgan fingerprint density at radius 1 is 1.09 bits per heavy atom. The maximum absolute atomic E-state index is 13.5. The van der Waals surface area contributed by atoms with Gasteiger partial charge >= 0.3 is 0 Å². The fourth-order valence-corrected chi connectivity index (χ4v) is 3.94. The van der Waals surface area contributed by atoms with E-state index in [0.29, 0.717) is 41.9 Å². The Bertz CT molecular complexity index is 1160. The highest BCUT2D eigenvalue weighted by Gasteiger charge is 2.34. The maximum Gasteiger partial charge on any atom is 0.255 e. The second kappa shape index (κ2) is 10.8. The Balaban J connectivity index is 1.62. The number of rotatable bonds is 10. The van der Waals surface area contributed by atoms with Crippen LogP contribution in [0.3, 0.4) is 0 Å². The van der Waals surface area contributed by atoms with Crippen molar-refractivity contribution >= 4 is 17.5 Å². The van der Waals surface area contributed by atoms with E-state index in [-0.39, 0.29) is 5.91 Å². The molecule has 0 bridgehead atoms. The topological polar surface area (TPSA) is 103 Å². The monoisotopic (exact) mass is 462 g/mol. The van der Waals surface area contributed by atoms with Gasteiger partial charge in [-0.3, -0.25) is 4.79 Å². The van der Waals surface area contributed by atoms with Crippen molar-refractivity contribution in [2.75, 3.05) is 23.8 Å². The van der Waals surface area contributed by atoms with Crippen LogP contribution in [0.5, 0.6) is 11.5 Å². The highest BCUT2D eigenvalue weighted by atomic mass is 16.5. The quantitative estimate of drug-likeness (QED) is 0.426. The lowest BCUT2D eigenvalue weighted by molar-refractivity contribution is -0.113. The SMILES string of the molecule is CCCCCOc1ccc(C2C(C(=O)Nc3ccccc3OCC)=C(C)Nc3nnnn32)cc1. The molecule has 2 aromatic carbocycles. The third kappa shape index (κ3) is 5.03. The van der Waals surface area contributed by atoms with E-state index < -0.39 is 6.04 Å². The van der Waals surface area contributed by atoms with E-state index in [1.165, 1.54) is 0 Å². The van der Waals surface area contributed by atoms with Crippen molar-refractivity contribution in [3.63, 3.8) is 0 Å². The summed E-state index contributed by atoms with van der Waals surface area (Å²) in [5.74, 6) is 1.63. The van der Waals surface area contributed by atoms with E-state index >= 15 is 0 Å². The number of allylic oxidation sites excluding steroid dienone is 1. The van der Waals surface area contributed by atoms with Crippen molar-refractivity contribution in [1.29, 1.82) is 0 Å². The highest BCUT2D eigenvalue weighted by molar-refractivity contribution is 6.06. The van der Waals surface area contributed by atoms with E-state index in [4.69, 9.17) is 9.47 Å². The summed E-state index contributed by atoms with van der Waals surface area (Å²) in [4.78, 5) is 13.5. The minimum absolute atomic E-state index is 0.261. The standard InChI is InChI=1S/C25H30N6O3/c1-4-6-9-16-34-19-14-12-18(13-15-19)23-22(17(3)26-25-28-29-30-31(23)25)24(32)27-20-10-7-8-11-21(20)33-5-2/h7-8,10-15,23H,4-6,9,16H2,1-3H3,(H,27,32)(H,26,28,30). The molecule has 0 spiro atoms. The Morgan fingerprint density at radius 3 is 2.65 bits per heavy atom. The van der Waals surface area contributed by atoms with Gasteiger partial charge in [-0.2, -0.15) is 4.68 Å². The first-order valence-corrected chi connectivity index (χ1v) is 11.6. The Kier molecular flexibility index (Phi) is 7.41. The molecule has 1 amide bonds. The van der Waals surface area contributed by atoms with Crippen LogP contribution in [-0.4, -0.2) is 39.3 Å². The lowest BCUT2D eigenvalue weighted by Crippen LogP contribution is -2.31. The van der Waals surface area contributed by atoms with Crippen molar-refractivity contribution in [3.05, 3.63) is 65.4 Å². The van der Waals surface area contributed by atoms with Crippen LogP contribution in [-0.2, 0) is 4.79 Å². The van der Waals surface area contributed by atoms with Gasteiger partial charge in [-0.1, -0.05) is 49.1 Å². The van der Waals surface area contributed by atoms with Crippen molar-refractivity contribution < 1.29 is 14.3 Å². The van der Waals surface area contributed by atoms with Crippen molar-refractivity contribution in [2.45, 2.75) is 46.1 Å². The first-order chi connectivity index (χ1) is 16.6. The number of ether oxygens (including phenoxy) is 2. The Labute approximate surface area is 199 Å². The third-order valence-corrected chi connectivity index (χ3v) is 5.61. The molecule has 9 nitrogen and oxygen atoms in total. The number of fused-ring (bicyclic) bond motifs is 1. The van der Waals surface area contributed by atoms with E-state index in [0.717, 1.165) is 30.6 Å². The second-order valence-electron chi connectivity index (χ2n) is 8.02. The molecule has 34 heavy (non-hydrogen) atoms. The van der Waals surface area contributed by atoms with E-state index in [9.17, 15) is 4.79 Å². The molecule has 0 aliphatic carbocycles. The molecule has 9 heteroatoms. The van der Waals surface area contributed by atoms with Crippen LogP contribution < -0.4 is 20.1 Å². The van der Waals surface area contributed by atoms with Gasteiger partial charge in [-0.25, -0.2) is 0 Å². The number of amides is 1. The Morgan fingerprint density at radius 2 is 1.88 bits per heavy atom. The molecule has 0 saturated heterocycles. The van der Waals surface area contributed by atoms with Gasteiger partial charge in [0.05, 0.1) is 24.5 Å². The van der Waals surface area contributed by atoms with Gasteiger partial charge in [0, 0.05) is 5.70 Å². The van der Waals surface area contributed by atoms with Gasteiger partial charge in [0.2, 0.25) is 5.95 Å². The number of carbonyl (C=O) groups is 1. The fraction of sp³-hybridized carbons (Fsp3) is 0.360. The van der Waals surface area contributed by atoms with Gasteiger partial charge in [0.15, 0.2) is 0 Å². The average molecular weight is 463 g/mol. The number of nitrogens with zero attached hydrogens (tertiary/aromatic N) is 4. The van der Waals surface area contributed by atoms with Crippen LogP contribution in [0.1, 0.15) is 51.6 Å². The van der Waals surface area contributed by atoms with Crippen LogP contribution in [0.2, 0.25) is 0 Å². The average Bonchev–Trinajstić information content (AvgIpc) is 3.31. The number of hydrogen-bond donors (Lipinski definition) is 2. The lowest BCUT2D eigenvalue weighted by Gasteiger charge is -2.28. The molecular formula is C25H30N6O3. The molecule has 1 aliphatic heterocycles. The summed E-state index contributed by atoms with van der Waals surface area (Å²) in [6.07, 6.45) is 3.32. The predicted octanol–water partition coefficient (Wildman–Crippen LogP) is 4.57.